The van der Waals surface area contributed by atoms with Crippen molar-refractivity contribution in [3.8, 4) is 0 Å². The van der Waals surface area contributed by atoms with Crippen LogP contribution in [-0.4, -0.2) is 38.2 Å². The van der Waals surface area contributed by atoms with Crippen molar-refractivity contribution in [2.75, 3.05) is 20.5 Å². The normalized spacial score (nSPS) is 24.0. The van der Waals surface area contributed by atoms with E-state index in [1.165, 1.54) is 0 Å². The lowest BCUT2D eigenvalue weighted by Crippen LogP contribution is -2.41. The van der Waals surface area contributed by atoms with Crippen LogP contribution in [0.25, 0.3) is 0 Å². The lowest BCUT2D eigenvalue weighted by atomic mass is 9.86. The summed E-state index contributed by atoms with van der Waals surface area (Å²) in [5.74, 6) is 0.576. The van der Waals surface area contributed by atoms with Gasteiger partial charge in [-0.1, -0.05) is 0 Å². The van der Waals surface area contributed by atoms with Crippen molar-refractivity contribution in [2.24, 2.45) is 5.92 Å². The maximum Gasteiger partial charge on any atom is 0.407 e. The van der Waals surface area contributed by atoms with E-state index < -0.39 is 5.60 Å². The van der Waals surface area contributed by atoms with E-state index in [9.17, 15) is 4.79 Å². The summed E-state index contributed by atoms with van der Waals surface area (Å²) >= 11 is 0. The van der Waals surface area contributed by atoms with Crippen molar-refractivity contribution in [2.45, 2.75) is 58.1 Å². The molecule has 0 bridgehead atoms. The molecule has 5 heteroatoms. The number of hydrogen-bond acceptors (Lipinski definition) is 4. The maximum atomic E-state index is 11.6. The van der Waals surface area contributed by atoms with Gasteiger partial charge in [0, 0.05) is 13.2 Å². The number of carbonyl (C=O) groups is 1. The van der Waals surface area contributed by atoms with Crippen molar-refractivity contribution >= 4 is 6.09 Å². The van der Waals surface area contributed by atoms with Crippen LogP contribution in [0.2, 0.25) is 0 Å². The van der Waals surface area contributed by atoms with Gasteiger partial charge in [0.2, 0.25) is 0 Å². The second-order valence-electron chi connectivity index (χ2n) is 6.14. The molecule has 0 aromatic heterocycles. The van der Waals surface area contributed by atoms with Crippen LogP contribution in [0.5, 0.6) is 0 Å². The Morgan fingerprint density at radius 2 is 1.84 bits per heavy atom. The van der Waals surface area contributed by atoms with Gasteiger partial charge in [0.25, 0.3) is 0 Å². The fourth-order valence-corrected chi connectivity index (χ4v) is 2.25. The molecule has 0 aromatic carbocycles. The van der Waals surface area contributed by atoms with Gasteiger partial charge >= 0.3 is 6.09 Å². The van der Waals surface area contributed by atoms with Gasteiger partial charge in [-0.25, -0.2) is 4.79 Å². The molecule has 0 heterocycles. The summed E-state index contributed by atoms with van der Waals surface area (Å²) in [6, 6.07) is 0.230. The molecule has 0 unspecified atom stereocenters. The Kier molecular flexibility index (Phi) is 6.58. The number of hydrogen-bond donors (Lipinski definition) is 1. The number of alkyl carbamates (subject to hydrolysis) is 1. The second kappa shape index (κ2) is 7.70. The lowest BCUT2D eigenvalue weighted by molar-refractivity contribution is -0.0478. The highest BCUT2D eigenvalue weighted by Crippen LogP contribution is 2.24. The molecule has 1 amide bonds. The van der Waals surface area contributed by atoms with Crippen LogP contribution in [0.4, 0.5) is 4.79 Å². The molecule has 0 aliphatic heterocycles. The lowest BCUT2D eigenvalue weighted by Gasteiger charge is -2.29. The van der Waals surface area contributed by atoms with Crippen LogP contribution in [0.15, 0.2) is 0 Å². The first-order valence-corrected chi connectivity index (χ1v) is 6.97. The van der Waals surface area contributed by atoms with E-state index in [0.717, 1.165) is 32.3 Å². The Hall–Kier alpha value is -0.810. The summed E-state index contributed by atoms with van der Waals surface area (Å²) in [6.07, 6.45) is 3.81. The molecule has 112 valence electrons. The number of nitrogens with one attached hydrogen (secondary N) is 1. The SMILES string of the molecule is COCOCC1CCC(NC(=O)OC(C)(C)C)CC1. The molecule has 5 nitrogen and oxygen atoms in total. The largest absolute Gasteiger partial charge is 0.444 e. The van der Waals surface area contributed by atoms with Crippen LogP contribution < -0.4 is 5.32 Å². The third-order valence-corrected chi connectivity index (χ3v) is 3.12. The summed E-state index contributed by atoms with van der Waals surface area (Å²) in [5, 5.41) is 2.94. The molecule has 0 radical (unpaired) electrons. The van der Waals surface area contributed by atoms with Gasteiger partial charge in [0.05, 0.1) is 6.61 Å². The van der Waals surface area contributed by atoms with E-state index in [4.69, 9.17) is 14.2 Å². The minimum atomic E-state index is -0.435. The second-order valence-corrected chi connectivity index (χ2v) is 6.14. The van der Waals surface area contributed by atoms with Crippen molar-refractivity contribution in [1.29, 1.82) is 0 Å². The third kappa shape index (κ3) is 7.38. The van der Waals surface area contributed by atoms with Gasteiger partial charge < -0.3 is 19.5 Å². The summed E-state index contributed by atoms with van der Waals surface area (Å²) in [6.45, 7) is 6.72. The molecule has 0 aromatic rings. The molecule has 1 aliphatic rings. The van der Waals surface area contributed by atoms with Gasteiger partial charge in [0.1, 0.15) is 12.4 Å². The molecular weight excluding hydrogens is 246 g/mol. The minimum Gasteiger partial charge on any atom is -0.444 e. The number of methoxy groups -OCH3 is 1. The first-order valence-electron chi connectivity index (χ1n) is 6.97. The monoisotopic (exact) mass is 273 g/mol. The average Bonchev–Trinajstić information content (AvgIpc) is 2.29. The average molecular weight is 273 g/mol. The zero-order valence-electron chi connectivity index (χ0n) is 12.5. The van der Waals surface area contributed by atoms with Crippen molar-refractivity contribution < 1.29 is 19.0 Å². The predicted molar refractivity (Wildman–Crippen MR) is 72.9 cm³/mol. The number of ether oxygens (including phenoxy) is 3. The predicted octanol–water partition coefficient (Wildman–Crippen LogP) is 2.69. The van der Waals surface area contributed by atoms with Crippen LogP contribution >= 0.6 is 0 Å². The zero-order chi connectivity index (χ0) is 14.3. The van der Waals surface area contributed by atoms with Crippen molar-refractivity contribution in [3.63, 3.8) is 0 Å². The third-order valence-electron chi connectivity index (χ3n) is 3.12. The first kappa shape index (κ1) is 16.2. The quantitative estimate of drug-likeness (QED) is 0.618. The Morgan fingerprint density at radius 1 is 1.21 bits per heavy atom. The van der Waals surface area contributed by atoms with Gasteiger partial charge in [-0.3, -0.25) is 0 Å². The Bertz CT molecular complexity index is 267. The Labute approximate surface area is 116 Å². The summed E-state index contributed by atoms with van der Waals surface area (Å²) in [4.78, 5) is 11.6. The summed E-state index contributed by atoms with van der Waals surface area (Å²) in [5.41, 5.74) is -0.435. The fourth-order valence-electron chi connectivity index (χ4n) is 2.25. The molecule has 1 rings (SSSR count). The molecule has 19 heavy (non-hydrogen) atoms. The van der Waals surface area contributed by atoms with Gasteiger partial charge in [-0.2, -0.15) is 0 Å². The fraction of sp³-hybridized carbons (Fsp3) is 0.929. The zero-order valence-corrected chi connectivity index (χ0v) is 12.5. The van der Waals surface area contributed by atoms with Crippen LogP contribution in [0.1, 0.15) is 46.5 Å². The number of rotatable bonds is 5. The van der Waals surface area contributed by atoms with E-state index in [-0.39, 0.29) is 12.1 Å². The minimum absolute atomic E-state index is 0.230. The highest BCUT2D eigenvalue weighted by molar-refractivity contribution is 5.68. The number of amides is 1. The molecule has 1 saturated carbocycles. The summed E-state index contributed by atoms with van der Waals surface area (Å²) < 4.78 is 15.5. The van der Waals surface area contributed by atoms with Gasteiger partial charge in [-0.15, -0.1) is 0 Å². The van der Waals surface area contributed by atoms with Gasteiger partial charge in [0.15, 0.2) is 0 Å². The van der Waals surface area contributed by atoms with Gasteiger partial charge in [-0.05, 0) is 52.4 Å². The smallest absolute Gasteiger partial charge is 0.407 e. The maximum absolute atomic E-state index is 11.6. The Morgan fingerprint density at radius 3 is 2.37 bits per heavy atom. The van der Waals surface area contributed by atoms with E-state index in [1.807, 2.05) is 20.8 Å². The van der Waals surface area contributed by atoms with Crippen LogP contribution in [-0.2, 0) is 14.2 Å². The molecule has 1 fully saturated rings. The molecule has 0 spiro atoms. The van der Waals surface area contributed by atoms with Crippen molar-refractivity contribution in [1.82, 2.24) is 5.32 Å². The molecule has 1 N–H and O–H groups in total. The molecular formula is C14H27NO4. The summed E-state index contributed by atoms with van der Waals surface area (Å²) in [7, 11) is 1.63. The van der Waals surface area contributed by atoms with Crippen LogP contribution in [0.3, 0.4) is 0 Å². The van der Waals surface area contributed by atoms with E-state index in [2.05, 4.69) is 5.32 Å². The number of carbonyl (C=O) groups excluding carboxylic acids is 1. The van der Waals surface area contributed by atoms with Crippen molar-refractivity contribution in [3.05, 3.63) is 0 Å². The van der Waals surface area contributed by atoms with E-state index in [0.29, 0.717) is 12.7 Å². The standard InChI is InChI=1S/C14H27NO4/c1-14(2,3)19-13(16)15-12-7-5-11(6-8-12)9-18-10-17-4/h11-12H,5-10H2,1-4H3,(H,15,16). The molecule has 1 aliphatic carbocycles. The first-order chi connectivity index (χ1) is 8.90. The highest BCUT2D eigenvalue weighted by atomic mass is 16.7. The highest BCUT2D eigenvalue weighted by Gasteiger charge is 2.24. The van der Waals surface area contributed by atoms with E-state index in [1.54, 1.807) is 7.11 Å². The topological polar surface area (TPSA) is 56.8 Å². The Balaban J connectivity index is 2.17. The molecule has 0 atom stereocenters. The van der Waals surface area contributed by atoms with E-state index >= 15 is 0 Å². The van der Waals surface area contributed by atoms with Crippen LogP contribution in [0, 0.1) is 5.92 Å². The molecule has 0 saturated heterocycles.